The van der Waals surface area contributed by atoms with Crippen LogP contribution in [0.2, 0.25) is 0 Å². The number of methoxy groups -OCH3 is 1. The molecule has 0 radical (unpaired) electrons. The van der Waals surface area contributed by atoms with E-state index in [2.05, 4.69) is 41.3 Å². The molecule has 0 aliphatic heterocycles. The van der Waals surface area contributed by atoms with E-state index >= 15 is 0 Å². The van der Waals surface area contributed by atoms with Crippen molar-refractivity contribution in [1.29, 1.82) is 0 Å². The molecule has 0 aliphatic rings. The molecule has 27 heavy (non-hydrogen) atoms. The number of hydrogen-bond acceptors (Lipinski definition) is 4. The summed E-state index contributed by atoms with van der Waals surface area (Å²) < 4.78 is 10.9. The van der Waals surface area contributed by atoms with Crippen molar-refractivity contribution in [2.75, 3.05) is 46.9 Å². The Morgan fingerprint density at radius 3 is 2.37 bits per heavy atom. The third-order valence-electron chi connectivity index (χ3n) is 4.55. The summed E-state index contributed by atoms with van der Waals surface area (Å²) >= 11 is 0. The Morgan fingerprint density at radius 1 is 1.11 bits per heavy atom. The molecule has 0 heterocycles. The van der Waals surface area contributed by atoms with Crippen LogP contribution in [0.3, 0.4) is 0 Å². The standard InChI is InChI=1S/C21H38N4O2/c1-6-25(7-2)16-8-10-18(3)24-21(22-4)23-15-9-17-27-20-13-11-19(26-5)12-14-20/h11-14,18H,6-10,15-17H2,1-5H3,(H2,22,23,24). The van der Waals surface area contributed by atoms with Gasteiger partial charge in [-0.1, -0.05) is 13.8 Å². The van der Waals surface area contributed by atoms with E-state index < -0.39 is 0 Å². The van der Waals surface area contributed by atoms with Crippen LogP contribution in [-0.2, 0) is 0 Å². The lowest BCUT2D eigenvalue weighted by Gasteiger charge is -2.21. The normalized spacial score (nSPS) is 12.7. The minimum absolute atomic E-state index is 0.405. The van der Waals surface area contributed by atoms with E-state index in [1.54, 1.807) is 7.11 Å². The molecule has 154 valence electrons. The van der Waals surface area contributed by atoms with E-state index in [0.29, 0.717) is 12.6 Å². The van der Waals surface area contributed by atoms with Crippen molar-refractivity contribution in [3.8, 4) is 11.5 Å². The summed E-state index contributed by atoms with van der Waals surface area (Å²) in [5, 5.41) is 6.82. The average molecular weight is 379 g/mol. The van der Waals surface area contributed by atoms with Gasteiger partial charge in [0.2, 0.25) is 0 Å². The molecule has 0 saturated heterocycles. The minimum Gasteiger partial charge on any atom is -0.497 e. The van der Waals surface area contributed by atoms with Gasteiger partial charge in [-0.05, 0) is 70.1 Å². The predicted molar refractivity (Wildman–Crippen MR) is 114 cm³/mol. The van der Waals surface area contributed by atoms with Crippen molar-refractivity contribution in [2.24, 2.45) is 4.99 Å². The second kappa shape index (κ2) is 14.2. The van der Waals surface area contributed by atoms with E-state index in [1.807, 2.05) is 31.3 Å². The first-order valence-electron chi connectivity index (χ1n) is 10.1. The molecule has 0 aliphatic carbocycles. The molecule has 6 nitrogen and oxygen atoms in total. The van der Waals surface area contributed by atoms with Crippen molar-refractivity contribution in [2.45, 2.75) is 46.1 Å². The highest BCUT2D eigenvalue weighted by atomic mass is 16.5. The third kappa shape index (κ3) is 10.1. The van der Waals surface area contributed by atoms with Crippen molar-refractivity contribution in [3.63, 3.8) is 0 Å². The molecular weight excluding hydrogens is 340 g/mol. The molecule has 0 amide bonds. The lowest BCUT2D eigenvalue weighted by atomic mass is 10.2. The quantitative estimate of drug-likeness (QED) is 0.314. The second-order valence-electron chi connectivity index (χ2n) is 6.59. The maximum atomic E-state index is 5.74. The van der Waals surface area contributed by atoms with Gasteiger partial charge in [0.15, 0.2) is 5.96 Å². The summed E-state index contributed by atoms with van der Waals surface area (Å²) in [5.41, 5.74) is 0. The minimum atomic E-state index is 0.405. The van der Waals surface area contributed by atoms with E-state index in [9.17, 15) is 0 Å². The van der Waals surface area contributed by atoms with Crippen LogP contribution in [0.1, 0.15) is 40.0 Å². The summed E-state index contributed by atoms with van der Waals surface area (Å²) in [6.45, 7) is 11.5. The summed E-state index contributed by atoms with van der Waals surface area (Å²) in [4.78, 5) is 6.77. The monoisotopic (exact) mass is 378 g/mol. The van der Waals surface area contributed by atoms with Crippen molar-refractivity contribution in [1.82, 2.24) is 15.5 Å². The molecular formula is C21H38N4O2. The molecule has 0 saturated carbocycles. The molecule has 1 aromatic rings. The number of guanidine groups is 1. The van der Waals surface area contributed by atoms with Crippen LogP contribution in [0.4, 0.5) is 0 Å². The van der Waals surface area contributed by atoms with E-state index in [4.69, 9.17) is 9.47 Å². The van der Waals surface area contributed by atoms with Gasteiger partial charge >= 0.3 is 0 Å². The molecule has 1 aromatic carbocycles. The highest BCUT2D eigenvalue weighted by molar-refractivity contribution is 5.79. The summed E-state index contributed by atoms with van der Waals surface area (Å²) in [5.74, 6) is 2.56. The highest BCUT2D eigenvalue weighted by Gasteiger charge is 2.06. The smallest absolute Gasteiger partial charge is 0.191 e. The highest BCUT2D eigenvalue weighted by Crippen LogP contribution is 2.16. The van der Waals surface area contributed by atoms with Crippen LogP contribution >= 0.6 is 0 Å². The molecule has 0 bridgehead atoms. The number of nitrogens with zero attached hydrogens (tertiary/aromatic N) is 2. The van der Waals surface area contributed by atoms with Crippen LogP contribution in [-0.4, -0.2) is 63.8 Å². The lowest BCUT2D eigenvalue weighted by Crippen LogP contribution is -2.43. The molecule has 0 aromatic heterocycles. The Bertz CT molecular complexity index is 515. The van der Waals surface area contributed by atoms with E-state index in [0.717, 1.165) is 56.5 Å². The van der Waals surface area contributed by atoms with Gasteiger partial charge in [-0.15, -0.1) is 0 Å². The molecule has 2 N–H and O–H groups in total. The first kappa shape index (κ1) is 23.1. The van der Waals surface area contributed by atoms with Gasteiger partial charge in [0.1, 0.15) is 11.5 Å². The van der Waals surface area contributed by atoms with Gasteiger partial charge in [-0.3, -0.25) is 4.99 Å². The zero-order valence-electron chi connectivity index (χ0n) is 17.8. The molecule has 1 rings (SSSR count). The topological polar surface area (TPSA) is 58.1 Å². The fraction of sp³-hybridized carbons (Fsp3) is 0.667. The van der Waals surface area contributed by atoms with Gasteiger partial charge in [0, 0.05) is 19.6 Å². The Morgan fingerprint density at radius 2 is 1.78 bits per heavy atom. The Hall–Kier alpha value is -1.95. The number of nitrogens with one attached hydrogen (secondary N) is 2. The van der Waals surface area contributed by atoms with Crippen LogP contribution in [0.5, 0.6) is 11.5 Å². The van der Waals surface area contributed by atoms with Crippen LogP contribution in [0.25, 0.3) is 0 Å². The zero-order valence-corrected chi connectivity index (χ0v) is 17.8. The van der Waals surface area contributed by atoms with Gasteiger partial charge in [-0.2, -0.15) is 0 Å². The summed E-state index contributed by atoms with van der Waals surface area (Å²) in [6.07, 6.45) is 3.24. The first-order valence-corrected chi connectivity index (χ1v) is 10.1. The molecule has 6 heteroatoms. The number of ether oxygens (including phenoxy) is 2. The van der Waals surface area contributed by atoms with Crippen molar-refractivity contribution < 1.29 is 9.47 Å². The van der Waals surface area contributed by atoms with Crippen LogP contribution < -0.4 is 20.1 Å². The summed E-state index contributed by atoms with van der Waals surface area (Å²) in [7, 11) is 3.47. The first-order chi connectivity index (χ1) is 13.1. The number of rotatable bonds is 13. The van der Waals surface area contributed by atoms with Crippen molar-refractivity contribution in [3.05, 3.63) is 24.3 Å². The SMILES string of the molecule is CCN(CC)CCCC(C)NC(=NC)NCCCOc1ccc(OC)cc1. The Kier molecular flexibility index (Phi) is 12.1. The molecule has 1 atom stereocenters. The molecule has 0 spiro atoms. The van der Waals surface area contributed by atoms with Gasteiger partial charge in [0.25, 0.3) is 0 Å². The largest absolute Gasteiger partial charge is 0.497 e. The van der Waals surface area contributed by atoms with Crippen molar-refractivity contribution >= 4 is 5.96 Å². The predicted octanol–water partition coefficient (Wildman–Crippen LogP) is 3.14. The van der Waals surface area contributed by atoms with Crippen LogP contribution in [0, 0.1) is 0 Å². The maximum absolute atomic E-state index is 5.74. The summed E-state index contributed by atoms with van der Waals surface area (Å²) in [6, 6.07) is 8.06. The fourth-order valence-corrected chi connectivity index (χ4v) is 2.80. The number of aliphatic imine (C=N–C) groups is 1. The number of hydrogen-bond donors (Lipinski definition) is 2. The van der Waals surface area contributed by atoms with Crippen LogP contribution in [0.15, 0.2) is 29.3 Å². The zero-order chi connectivity index (χ0) is 19.9. The third-order valence-corrected chi connectivity index (χ3v) is 4.55. The maximum Gasteiger partial charge on any atom is 0.191 e. The average Bonchev–Trinajstić information content (AvgIpc) is 2.70. The van der Waals surface area contributed by atoms with Gasteiger partial charge < -0.3 is 25.0 Å². The second-order valence-corrected chi connectivity index (χ2v) is 6.59. The molecule has 0 fully saturated rings. The van der Waals surface area contributed by atoms with E-state index in [-0.39, 0.29) is 0 Å². The number of benzene rings is 1. The fourth-order valence-electron chi connectivity index (χ4n) is 2.80. The molecule has 1 unspecified atom stereocenters. The van der Waals surface area contributed by atoms with Gasteiger partial charge in [-0.25, -0.2) is 0 Å². The van der Waals surface area contributed by atoms with E-state index in [1.165, 1.54) is 6.42 Å². The Balaban J connectivity index is 2.16. The Labute approximate surface area is 165 Å². The van der Waals surface area contributed by atoms with Gasteiger partial charge in [0.05, 0.1) is 13.7 Å². The lowest BCUT2D eigenvalue weighted by molar-refractivity contribution is 0.292.